The summed E-state index contributed by atoms with van der Waals surface area (Å²) in [5.74, 6) is 0. The molecule has 0 fully saturated rings. The minimum Gasteiger partial charge on any atom is -0.326 e. The first-order valence-corrected chi connectivity index (χ1v) is 5.79. The van der Waals surface area contributed by atoms with Crippen molar-refractivity contribution in [2.45, 2.75) is 20.4 Å². The van der Waals surface area contributed by atoms with Crippen molar-refractivity contribution < 1.29 is 0 Å². The smallest absolute Gasteiger partial charge is 0.0675 e. The minimum atomic E-state index is 0.614. The first-order valence-electron chi connectivity index (χ1n) is 4.91. The van der Waals surface area contributed by atoms with E-state index >= 15 is 0 Å². The fourth-order valence-corrected chi connectivity index (χ4v) is 2.57. The van der Waals surface area contributed by atoms with Crippen LogP contribution in [0.2, 0.25) is 0 Å². The molecule has 2 rings (SSSR count). The standard InChI is InChI=1S/C11H15N3S/c1-7-11(8(2)14(3)13-7)9-4-10(5-12)15-6-9/h4,6H,5,12H2,1-3H3. The van der Waals surface area contributed by atoms with Crippen LogP contribution in [0.3, 0.4) is 0 Å². The molecule has 0 saturated heterocycles. The van der Waals surface area contributed by atoms with Gasteiger partial charge in [-0.2, -0.15) is 5.10 Å². The molecule has 0 aliphatic rings. The van der Waals surface area contributed by atoms with Gasteiger partial charge in [0.15, 0.2) is 0 Å². The Balaban J connectivity index is 2.53. The molecule has 3 nitrogen and oxygen atoms in total. The third kappa shape index (κ3) is 1.70. The number of hydrogen-bond acceptors (Lipinski definition) is 3. The molecule has 0 saturated carbocycles. The SMILES string of the molecule is Cc1nn(C)c(C)c1-c1csc(CN)c1. The Bertz CT molecular complexity index is 482. The first-order chi connectivity index (χ1) is 7.13. The summed E-state index contributed by atoms with van der Waals surface area (Å²) in [6, 6.07) is 2.15. The number of hydrogen-bond donors (Lipinski definition) is 1. The lowest BCUT2D eigenvalue weighted by molar-refractivity contribution is 0.731. The molecule has 0 atom stereocenters. The van der Waals surface area contributed by atoms with E-state index in [0.717, 1.165) is 5.69 Å². The van der Waals surface area contributed by atoms with E-state index in [1.807, 2.05) is 18.7 Å². The summed E-state index contributed by atoms with van der Waals surface area (Å²) < 4.78 is 1.92. The maximum absolute atomic E-state index is 5.61. The van der Waals surface area contributed by atoms with Gasteiger partial charge in [-0.05, 0) is 30.9 Å². The van der Waals surface area contributed by atoms with Crippen molar-refractivity contribution in [3.05, 3.63) is 27.7 Å². The third-order valence-corrected chi connectivity index (χ3v) is 3.61. The summed E-state index contributed by atoms with van der Waals surface area (Å²) in [6.45, 7) is 4.75. The van der Waals surface area contributed by atoms with Crippen LogP contribution in [0, 0.1) is 13.8 Å². The number of nitrogens with two attached hydrogens (primary N) is 1. The second kappa shape index (κ2) is 3.79. The molecule has 2 aromatic heterocycles. The zero-order valence-electron chi connectivity index (χ0n) is 9.24. The summed E-state index contributed by atoms with van der Waals surface area (Å²) in [7, 11) is 1.97. The molecular weight excluding hydrogens is 206 g/mol. The van der Waals surface area contributed by atoms with Crippen LogP contribution in [-0.2, 0) is 13.6 Å². The topological polar surface area (TPSA) is 43.8 Å². The quantitative estimate of drug-likeness (QED) is 0.845. The zero-order valence-corrected chi connectivity index (χ0v) is 10.1. The van der Waals surface area contributed by atoms with Gasteiger partial charge in [-0.3, -0.25) is 4.68 Å². The van der Waals surface area contributed by atoms with Gasteiger partial charge >= 0.3 is 0 Å². The summed E-state index contributed by atoms with van der Waals surface area (Å²) in [5, 5.41) is 6.56. The number of rotatable bonds is 2. The molecule has 2 N–H and O–H groups in total. The van der Waals surface area contributed by atoms with Crippen molar-refractivity contribution in [3.8, 4) is 11.1 Å². The number of aryl methyl sites for hydroxylation is 2. The van der Waals surface area contributed by atoms with E-state index in [1.54, 1.807) is 11.3 Å². The lowest BCUT2D eigenvalue weighted by Gasteiger charge is -1.97. The van der Waals surface area contributed by atoms with E-state index < -0.39 is 0 Å². The molecule has 0 amide bonds. The Morgan fingerprint density at radius 1 is 1.47 bits per heavy atom. The lowest BCUT2D eigenvalue weighted by Crippen LogP contribution is -1.92. The van der Waals surface area contributed by atoms with Crippen molar-refractivity contribution in [2.75, 3.05) is 0 Å². The Hall–Kier alpha value is -1.13. The van der Waals surface area contributed by atoms with Crippen molar-refractivity contribution in [1.29, 1.82) is 0 Å². The van der Waals surface area contributed by atoms with E-state index in [-0.39, 0.29) is 0 Å². The van der Waals surface area contributed by atoms with Gasteiger partial charge in [0.25, 0.3) is 0 Å². The fourth-order valence-electron chi connectivity index (χ4n) is 1.81. The summed E-state index contributed by atoms with van der Waals surface area (Å²) >= 11 is 1.71. The molecule has 4 heteroatoms. The van der Waals surface area contributed by atoms with Crippen LogP contribution < -0.4 is 5.73 Å². The third-order valence-electron chi connectivity index (χ3n) is 2.65. The summed E-state index contributed by atoms with van der Waals surface area (Å²) in [6.07, 6.45) is 0. The van der Waals surface area contributed by atoms with Crippen molar-refractivity contribution >= 4 is 11.3 Å². The first kappa shape index (κ1) is 10.4. The highest BCUT2D eigenvalue weighted by atomic mass is 32.1. The van der Waals surface area contributed by atoms with Gasteiger partial charge in [-0.15, -0.1) is 11.3 Å². The Kier molecular flexibility index (Phi) is 2.63. The van der Waals surface area contributed by atoms with E-state index in [9.17, 15) is 0 Å². The van der Waals surface area contributed by atoms with E-state index in [1.165, 1.54) is 21.7 Å². The average molecular weight is 221 g/mol. The maximum atomic E-state index is 5.61. The van der Waals surface area contributed by atoms with Crippen LogP contribution in [0.4, 0.5) is 0 Å². The molecule has 0 aliphatic carbocycles. The number of nitrogens with zero attached hydrogens (tertiary/aromatic N) is 2. The molecular formula is C11H15N3S. The average Bonchev–Trinajstić information content (AvgIpc) is 2.74. The monoisotopic (exact) mass is 221 g/mol. The summed E-state index contributed by atoms with van der Waals surface area (Å²) in [4.78, 5) is 1.22. The lowest BCUT2D eigenvalue weighted by atomic mass is 10.1. The van der Waals surface area contributed by atoms with E-state index in [0.29, 0.717) is 6.54 Å². The van der Waals surface area contributed by atoms with Crippen LogP contribution in [0.25, 0.3) is 11.1 Å². The molecule has 0 unspecified atom stereocenters. The second-order valence-corrected chi connectivity index (χ2v) is 4.67. The summed E-state index contributed by atoms with van der Waals surface area (Å²) in [5.41, 5.74) is 10.4. The van der Waals surface area contributed by atoms with Gasteiger partial charge in [0.1, 0.15) is 0 Å². The molecule has 0 bridgehead atoms. The van der Waals surface area contributed by atoms with Gasteiger partial charge < -0.3 is 5.73 Å². The fraction of sp³-hybridized carbons (Fsp3) is 0.364. The van der Waals surface area contributed by atoms with Gasteiger partial charge in [-0.25, -0.2) is 0 Å². The zero-order chi connectivity index (χ0) is 11.0. The molecule has 0 radical (unpaired) electrons. The largest absolute Gasteiger partial charge is 0.326 e. The van der Waals surface area contributed by atoms with Gasteiger partial charge in [0.05, 0.1) is 5.69 Å². The van der Waals surface area contributed by atoms with Gasteiger partial charge in [-0.1, -0.05) is 0 Å². The van der Waals surface area contributed by atoms with Crippen molar-refractivity contribution in [3.63, 3.8) is 0 Å². The van der Waals surface area contributed by atoms with E-state index in [4.69, 9.17) is 5.73 Å². The molecule has 15 heavy (non-hydrogen) atoms. The highest BCUT2D eigenvalue weighted by Gasteiger charge is 2.12. The molecule has 80 valence electrons. The Morgan fingerprint density at radius 3 is 2.67 bits per heavy atom. The number of thiophene rings is 1. The van der Waals surface area contributed by atoms with E-state index in [2.05, 4.69) is 23.5 Å². The van der Waals surface area contributed by atoms with Crippen LogP contribution in [0.1, 0.15) is 16.3 Å². The minimum absolute atomic E-state index is 0.614. The van der Waals surface area contributed by atoms with Crippen LogP contribution >= 0.6 is 11.3 Å². The Labute approximate surface area is 93.5 Å². The highest BCUT2D eigenvalue weighted by Crippen LogP contribution is 2.30. The van der Waals surface area contributed by atoms with Crippen LogP contribution in [0.15, 0.2) is 11.4 Å². The van der Waals surface area contributed by atoms with Crippen molar-refractivity contribution in [1.82, 2.24) is 9.78 Å². The predicted molar refractivity (Wildman–Crippen MR) is 63.9 cm³/mol. The molecule has 0 aromatic carbocycles. The van der Waals surface area contributed by atoms with Gasteiger partial charge in [0.2, 0.25) is 0 Å². The molecule has 0 spiro atoms. The normalized spacial score (nSPS) is 10.9. The molecule has 2 aromatic rings. The number of aromatic nitrogens is 2. The molecule has 0 aliphatic heterocycles. The molecule has 2 heterocycles. The van der Waals surface area contributed by atoms with Gasteiger partial charge in [0, 0.05) is 29.7 Å². The van der Waals surface area contributed by atoms with Crippen LogP contribution in [-0.4, -0.2) is 9.78 Å². The second-order valence-electron chi connectivity index (χ2n) is 3.68. The highest BCUT2D eigenvalue weighted by molar-refractivity contribution is 7.10. The maximum Gasteiger partial charge on any atom is 0.0675 e. The van der Waals surface area contributed by atoms with Crippen LogP contribution in [0.5, 0.6) is 0 Å². The predicted octanol–water partition coefficient (Wildman–Crippen LogP) is 2.22. The Morgan fingerprint density at radius 2 is 2.20 bits per heavy atom. The van der Waals surface area contributed by atoms with Crippen molar-refractivity contribution in [2.24, 2.45) is 12.8 Å².